The van der Waals surface area contributed by atoms with Crippen molar-refractivity contribution < 1.29 is 9.53 Å². The van der Waals surface area contributed by atoms with Gasteiger partial charge in [0.2, 0.25) is 9.70 Å². The van der Waals surface area contributed by atoms with Crippen LogP contribution in [0.3, 0.4) is 0 Å². The van der Waals surface area contributed by atoms with Gasteiger partial charge < -0.3 is 20.7 Å². The molecule has 9 heteroatoms. The zero-order chi connectivity index (χ0) is 16.8. The molecular weight excluding hydrogens is 369 g/mol. The number of amides is 1. The zero-order valence-corrected chi connectivity index (χ0v) is 15.0. The number of carbonyl (C=O) groups excluding carboxylic acids is 1. The highest BCUT2D eigenvalue weighted by atomic mass is 35.6. The second-order valence-electron chi connectivity index (χ2n) is 4.19. The molecule has 0 fully saturated rings. The van der Waals surface area contributed by atoms with Crippen molar-refractivity contribution in [1.82, 2.24) is 10.6 Å². The van der Waals surface area contributed by atoms with Crippen molar-refractivity contribution in [3.05, 3.63) is 24.3 Å². The minimum atomic E-state index is -1.77. The van der Waals surface area contributed by atoms with E-state index in [0.717, 1.165) is 0 Å². The summed E-state index contributed by atoms with van der Waals surface area (Å²) in [6.45, 7) is 1.69. The van der Waals surface area contributed by atoms with Gasteiger partial charge in [0.05, 0.1) is 12.8 Å². The van der Waals surface area contributed by atoms with Crippen LogP contribution in [0.5, 0.6) is 5.75 Å². The number of methoxy groups -OCH3 is 1. The smallest absolute Gasteiger partial charge is 0.228 e. The third-order valence-corrected chi connectivity index (χ3v) is 3.46. The van der Waals surface area contributed by atoms with Crippen molar-refractivity contribution in [2.45, 2.75) is 23.3 Å². The minimum absolute atomic E-state index is 0.178. The average Bonchev–Trinajstić information content (AvgIpc) is 2.45. The first-order valence-electron chi connectivity index (χ1n) is 6.34. The van der Waals surface area contributed by atoms with Gasteiger partial charge >= 0.3 is 0 Å². The summed E-state index contributed by atoms with van der Waals surface area (Å²) >= 11 is 22.7. The second kappa shape index (κ2) is 8.62. The number of nitrogens with one attached hydrogen (secondary N) is 3. The largest absolute Gasteiger partial charge is 0.495 e. The summed E-state index contributed by atoms with van der Waals surface area (Å²) in [6.07, 6.45) is -0.717. The van der Waals surface area contributed by atoms with Crippen molar-refractivity contribution in [2.75, 3.05) is 12.4 Å². The van der Waals surface area contributed by atoms with Gasteiger partial charge in [-0.2, -0.15) is 0 Å². The molecule has 0 radical (unpaired) electrons. The molecule has 0 unspecified atom stereocenters. The number of anilines is 1. The van der Waals surface area contributed by atoms with Gasteiger partial charge in [-0.15, -0.1) is 0 Å². The molecule has 0 spiro atoms. The fourth-order valence-electron chi connectivity index (χ4n) is 1.50. The van der Waals surface area contributed by atoms with Gasteiger partial charge in [-0.25, -0.2) is 0 Å². The molecule has 0 heterocycles. The standard InChI is InChI=1S/C13H16Cl3N3O2S/c1-3-10(20)18-11(13(14,15)16)19-12(22)17-8-6-4-5-7-9(8)21-2/h4-7,11H,3H2,1-2H3,(H,18,20)(H2,17,19,22)/t11-/m1/s1. The number of rotatable bonds is 5. The molecule has 0 aromatic heterocycles. The Kier molecular flexibility index (Phi) is 7.48. The second-order valence-corrected chi connectivity index (χ2v) is 6.97. The van der Waals surface area contributed by atoms with Crippen LogP contribution in [-0.4, -0.2) is 28.1 Å². The third kappa shape index (κ3) is 6.04. The lowest BCUT2D eigenvalue weighted by atomic mass is 10.3. The molecule has 122 valence electrons. The maximum Gasteiger partial charge on any atom is 0.228 e. The van der Waals surface area contributed by atoms with Gasteiger partial charge in [0.15, 0.2) is 5.11 Å². The van der Waals surface area contributed by atoms with E-state index in [1.807, 2.05) is 12.1 Å². The predicted molar refractivity (Wildman–Crippen MR) is 94.9 cm³/mol. The SMILES string of the molecule is CCC(=O)N[C@H](NC(=S)Nc1ccccc1OC)C(Cl)(Cl)Cl. The Morgan fingerprint density at radius 1 is 1.32 bits per heavy atom. The molecule has 1 aromatic carbocycles. The summed E-state index contributed by atoms with van der Waals surface area (Å²) in [5.41, 5.74) is 0.646. The first-order valence-corrected chi connectivity index (χ1v) is 7.88. The molecule has 0 aliphatic carbocycles. The number of para-hydroxylation sites is 2. The van der Waals surface area contributed by atoms with Gasteiger partial charge in [-0.3, -0.25) is 4.79 Å². The Bertz CT molecular complexity index is 538. The van der Waals surface area contributed by atoms with E-state index < -0.39 is 9.96 Å². The minimum Gasteiger partial charge on any atom is -0.495 e. The van der Waals surface area contributed by atoms with Crippen molar-refractivity contribution in [2.24, 2.45) is 0 Å². The van der Waals surface area contributed by atoms with Gasteiger partial charge in [0.25, 0.3) is 0 Å². The fourth-order valence-corrected chi connectivity index (χ4v) is 2.06. The molecule has 1 aromatic rings. The monoisotopic (exact) mass is 383 g/mol. The highest BCUT2D eigenvalue weighted by molar-refractivity contribution is 7.80. The molecule has 0 aliphatic heterocycles. The van der Waals surface area contributed by atoms with Crippen molar-refractivity contribution in [3.63, 3.8) is 0 Å². The Balaban J connectivity index is 2.77. The van der Waals surface area contributed by atoms with Crippen LogP contribution in [0, 0.1) is 0 Å². The van der Waals surface area contributed by atoms with Crippen LogP contribution in [0.1, 0.15) is 13.3 Å². The highest BCUT2D eigenvalue weighted by Gasteiger charge is 2.34. The summed E-state index contributed by atoms with van der Waals surface area (Å²) in [6, 6.07) is 7.20. The summed E-state index contributed by atoms with van der Waals surface area (Å²) in [5.74, 6) is 0.332. The van der Waals surface area contributed by atoms with E-state index in [4.69, 9.17) is 51.8 Å². The molecule has 1 rings (SSSR count). The first-order chi connectivity index (χ1) is 10.3. The number of thiocarbonyl (C=S) groups is 1. The molecular formula is C13H16Cl3N3O2S. The quantitative estimate of drug-likeness (QED) is 0.413. The molecule has 1 atom stereocenters. The van der Waals surface area contributed by atoms with E-state index in [9.17, 15) is 4.79 Å². The third-order valence-electron chi connectivity index (χ3n) is 2.58. The summed E-state index contributed by atoms with van der Waals surface area (Å²) < 4.78 is 3.44. The Morgan fingerprint density at radius 2 is 1.95 bits per heavy atom. The molecule has 3 N–H and O–H groups in total. The lowest BCUT2D eigenvalue weighted by Gasteiger charge is -2.27. The lowest BCUT2D eigenvalue weighted by Crippen LogP contribution is -2.56. The molecule has 0 saturated carbocycles. The van der Waals surface area contributed by atoms with E-state index in [1.54, 1.807) is 26.2 Å². The van der Waals surface area contributed by atoms with Crippen LogP contribution in [0.15, 0.2) is 24.3 Å². The molecule has 0 bridgehead atoms. The van der Waals surface area contributed by atoms with E-state index in [2.05, 4.69) is 16.0 Å². The highest BCUT2D eigenvalue weighted by Crippen LogP contribution is 2.29. The Hall–Kier alpha value is -0.950. The summed E-state index contributed by atoms with van der Waals surface area (Å²) in [7, 11) is 1.54. The number of benzene rings is 1. The van der Waals surface area contributed by atoms with E-state index in [1.165, 1.54) is 0 Å². The maximum atomic E-state index is 11.5. The van der Waals surface area contributed by atoms with Crippen LogP contribution in [0.4, 0.5) is 5.69 Å². The lowest BCUT2D eigenvalue weighted by molar-refractivity contribution is -0.121. The van der Waals surface area contributed by atoms with Gasteiger partial charge in [-0.05, 0) is 24.4 Å². The van der Waals surface area contributed by atoms with Crippen LogP contribution in [0.2, 0.25) is 0 Å². The van der Waals surface area contributed by atoms with Crippen LogP contribution in [0.25, 0.3) is 0 Å². The number of hydrogen-bond donors (Lipinski definition) is 3. The zero-order valence-electron chi connectivity index (χ0n) is 12.0. The van der Waals surface area contributed by atoms with Gasteiger partial charge in [0, 0.05) is 6.42 Å². The average molecular weight is 385 g/mol. The summed E-state index contributed by atoms with van der Waals surface area (Å²) in [4.78, 5) is 11.5. The normalized spacial score (nSPS) is 12.2. The number of alkyl halides is 3. The number of halogens is 3. The summed E-state index contributed by atoms with van der Waals surface area (Å²) in [5, 5.41) is 8.41. The van der Waals surface area contributed by atoms with Crippen molar-refractivity contribution in [3.8, 4) is 5.75 Å². The first kappa shape index (κ1) is 19.1. The molecule has 22 heavy (non-hydrogen) atoms. The fraction of sp³-hybridized carbons (Fsp3) is 0.385. The van der Waals surface area contributed by atoms with Crippen molar-refractivity contribution in [1.29, 1.82) is 0 Å². The number of hydrogen-bond acceptors (Lipinski definition) is 3. The van der Waals surface area contributed by atoms with Crippen LogP contribution in [-0.2, 0) is 4.79 Å². The molecule has 0 aliphatic rings. The molecule has 0 saturated heterocycles. The topological polar surface area (TPSA) is 62.4 Å². The van der Waals surface area contributed by atoms with Crippen molar-refractivity contribution >= 4 is 63.7 Å². The van der Waals surface area contributed by atoms with Gasteiger partial charge in [0.1, 0.15) is 11.9 Å². The Morgan fingerprint density at radius 3 is 2.50 bits per heavy atom. The van der Waals surface area contributed by atoms with E-state index in [-0.39, 0.29) is 17.4 Å². The molecule has 5 nitrogen and oxygen atoms in total. The van der Waals surface area contributed by atoms with Crippen LogP contribution < -0.4 is 20.7 Å². The van der Waals surface area contributed by atoms with E-state index >= 15 is 0 Å². The molecule has 1 amide bonds. The predicted octanol–water partition coefficient (Wildman–Crippen LogP) is 3.20. The van der Waals surface area contributed by atoms with Gasteiger partial charge in [-0.1, -0.05) is 53.9 Å². The number of ether oxygens (including phenoxy) is 1. The van der Waals surface area contributed by atoms with E-state index in [0.29, 0.717) is 11.4 Å². The van der Waals surface area contributed by atoms with Crippen LogP contribution >= 0.6 is 47.0 Å². The number of carbonyl (C=O) groups is 1. The Labute approximate surface area is 149 Å². The maximum absolute atomic E-state index is 11.5.